The highest BCUT2D eigenvalue weighted by Gasteiger charge is 2.34. The Balaban J connectivity index is 1.30. The molecule has 1 aliphatic heterocycles. The molecule has 2 heteroatoms. The highest BCUT2D eigenvalue weighted by molar-refractivity contribution is 8.00. The van der Waals surface area contributed by atoms with Crippen LogP contribution in [0.15, 0.2) is 180 Å². The molecular weight excluding hydrogens is 611 g/mol. The lowest BCUT2D eigenvalue weighted by Crippen LogP contribution is -2.13. The number of rotatable bonds is 2. The molecule has 0 N–H and O–H groups in total. The minimum Gasteiger partial charge on any atom is -0.309 e. The van der Waals surface area contributed by atoms with E-state index in [4.69, 9.17) is 0 Å². The van der Waals surface area contributed by atoms with Gasteiger partial charge < -0.3 is 4.57 Å². The molecule has 0 atom stereocenters. The average molecular weight is 640 g/mol. The summed E-state index contributed by atoms with van der Waals surface area (Å²) in [6.45, 7) is 0. The lowest BCUT2D eigenvalue weighted by atomic mass is 9.78. The molecule has 9 aromatic carbocycles. The largest absolute Gasteiger partial charge is 0.309 e. The average Bonchev–Trinajstić information content (AvgIpc) is 3.52. The van der Waals surface area contributed by atoms with Gasteiger partial charge in [-0.25, -0.2) is 0 Å². The van der Waals surface area contributed by atoms with Crippen molar-refractivity contribution < 1.29 is 0 Å². The summed E-state index contributed by atoms with van der Waals surface area (Å²) in [5.41, 5.74) is 7.77. The van der Waals surface area contributed by atoms with Gasteiger partial charge in [-0.05, 0) is 84.0 Å². The fourth-order valence-electron chi connectivity index (χ4n) is 8.69. The SMILES string of the molecule is c1cc(C2c3c(c4ccccc4c4ccccc34)Sc3c2c2ccccc2c2ccccc32)cc(-n2c3ccccc3c3ccccc32)c1. The number of aromatic nitrogens is 1. The summed E-state index contributed by atoms with van der Waals surface area (Å²) in [5, 5.41) is 13.1. The van der Waals surface area contributed by atoms with Gasteiger partial charge in [-0.15, -0.1) is 0 Å². The Hall–Kier alpha value is -5.83. The summed E-state index contributed by atoms with van der Waals surface area (Å²) in [6, 6.07) is 63.1. The Bertz CT molecular complexity index is 2810. The van der Waals surface area contributed by atoms with Crippen molar-refractivity contribution >= 4 is 76.7 Å². The fraction of sp³-hybridized carbons (Fsp3) is 0.0213. The first kappa shape index (κ1) is 27.2. The van der Waals surface area contributed by atoms with Crippen molar-refractivity contribution in [2.45, 2.75) is 15.7 Å². The molecule has 0 amide bonds. The zero-order valence-corrected chi connectivity index (χ0v) is 27.4. The Kier molecular flexibility index (Phi) is 5.73. The number of fused-ring (bicyclic) bond motifs is 15. The standard InChI is InChI=1S/C47H29NS/c1-5-22-37-31(16-1)33-18-3-7-24-39(33)46-44(37)43(45-38-23-6-2-17-32(38)34-19-4-8-25-40(34)47(45)49-46)29-14-13-15-30(28-29)48-41-26-11-9-20-35(41)36-21-10-12-27-42(36)48/h1-28,43H. The summed E-state index contributed by atoms with van der Waals surface area (Å²) in [5.74, 6) is 0.0308. The molecule has 0 fully saturated rings. The molecule has 2 heterocycles. The van der Waals surface area contributed by atoms with Gasteiger partial charge in [-0.1, -0.05) is 157 Å². The van der Waals surface area contributed by atoms with Crippen LogP contribution in [0, 0.1) is 0 Å². The topological polar surface area (TPSA) is 4.93 Å². The van der Waals surface area contributed by atoms with E-state index in [0.29, 0.717) is 0 Å². The van der Waals surface area contributed by atoms with Crippen LogP contribution in [0.5, 0.6) is 0 Å². The molecule has 1 aliphatic rings. The van der Waals surface area contributed by atoms with Crippen LogP contribution in [-0.2, 0) is 0 Å². The van der Waals surface area contributed by atoms with Crippen LogP contribution in [0.1, 0.15) is 22.6 Å². The minimum absolute atomic E-state index is 0.0308. The third-order valence-corrected chi connectivity index (χ3v) is 12.0. The van der Waals surface area contributed by atoms with E-state index in [1.54, 1.807) is 0 Å². The molecule has 0 spiro atoms. The Morgan fingerprint density at radius 1 is 0.347 bits per heavy atom. The van der Waals surface area contributed by atoms with Crippen LogP contribution < -0.4 is 0 Å². The van der Waals surface area contributed by atoms with Crippen molar-refractivity contribution in [1.29, 1.82) is 0 Å². The van der Waals surface area contributed by atoms with Crippen molar-refractivity contribution in [3.05, 3.63) is 187 Å². The molecule has 1 nitrogen and oxygen atoms in total. The number of hydrogen-bond acceptors (Lipinski definition) is 1. The van der Waals surface area contributed by atoms with Gasteiger partial charge in [0.1, 0.15) is 0 Å². The van der Waals surface area contributed by atoms with Crippen LogP contribution in [0.4, 0.5) is 0 Å². The molecule has 228 valence electrons. The number of hydrogen-bond donors (Lipinski definition) is 0. The van der Waals surface area contributed by atoms with E-state index < -0.39 is 0 Å². The normalized spacial score (nSPS) is 13.1. The van der Waals surface area contributed by atoms with Crippen LogP contribution in [0.3, 0.4) is 0 Å². The summed E-state index contributed by atoms with van der Waals surface area (Å²) in [6.07, 6.45) is 0. The predicted molar refractivity (Wildman–Crippen MR) is 209 cm³/mol. The van der Waals surface area contributed by atoms with Crippen LogP contribution in [-0.4, -0.2) is 4.57 Å². The van der Waals surface area contributed by atoms with Crippen molar-refractivity contribution in [1.82, 2.24) is 4.57 Å². The molecule has 0 radical (unpaired) electrons. The second-order valence-corrected chi connectivity index (χ2v) is 14.2. The predicted octanol–water partition coefficient (Wildman–Crippen LogP) is 13.0. The number of para-hydroxylation sites is 2. The third kappa shape index (κ3) is 3.78. The van der Waals surface area contributed by atoms with Crippen molar-refractivity contribution in [3.63, 3.8) is 0 Å². The first-order chi connectivity index (χ1) is 24.3. The minimum atomic E-state index is 0.0308. The molecule has 0 aliphatic carbocycles. The second-order valence-electron chi connectivity index (χ2n) is 13.2. The Labute approximate surface area is 288 Å². The van der Waals surface area contributed by atoms with E-state index >= 15 is 0 Å². The number of nitrogens with zero attached hydrogens (tertiary/aromatic N) is 1. The Morgan fingerprint density at radius 2 is 0.735 bits per heavy atom. The fourth-order valence-corrected chi connectivity index (χ4v) is 10.1. The van der Waals surface area contributed by atoms with Gasteiger partial charge >= 0.3 is 0 Å². The number of benzene rings is 9. The van der Waals surface area contributed by atoms with Gasteiger partial charge in [-0.2, -0.15) is 0 Å². The monoisotopic (exact) mass is 639 g/mol. The van der Waals surface area contributed by atoms with Gasteiger partial charge in [0.15, 0.2) is 0 Å². The van der Waals surface area contributed by atoms with Gasteiger partial charge in [-0.3, -0.25) is 0 Å². The summed E-state index contributed by atoms with van der Waals surface area (Å²) >= 11 is 1.97. The molecule has 1 aromatic heterocycles. The molecule has 0 bridgehead atoms. The van der Waals surface area contributed by atoms with E-state index in [0.717, 1.165) is 0 Å². The molecule has 0 saturated carbocycles. The highest BCUT2D eigenvalue weighted by Crippen LogP contribution is 2.57. The maximum atomic E-state index is 2.46. The van der Waals surface area contributed by atoms with E-state index in [1.807, 2.05) is 11.8 Å². The molecular formula is C47H29NS. The van der Waals surface area contributed by atoms with Gasteiger partial charge in [0, 0.05) is 32.2 Å². The van der Waals surface area contributed by atoms with Gasteiger partial charge in [0.25, 0.3) is 0 Å². The van der Waals surface area contributed by atoms with E-state index in [2.05, 4.69) is 174 Å². The van der Waals surface area contributed by atoms with Crippen molar-refractivity contribution in [2.24, 2.45) is 0 Å². The van der Waals surface area contributed by atoms with Crippen LogP contribution >= 0.6 is 11.8 Å². The molecule has 10 aromatic rings. The summed E-state index contributed by atoms with van der Waals surface area (Å²) in [7, 11) is 0. The quantitative estimate of drug-likeness (QED) is 0.170. The molecule has 0 saturated heterocycles. The van der Waals surface area contributed by atoms with E-state index in [9.17, 15) is 0 Å². The summed E-state index contributed by atoms with van der Waals surface area (Å²) in [4.78, 5) is 2.74. The van der Waals surface area contributed by atoms with Crippen LogP contribution in [0.25, 0.3) is 70.6 Å². The maximum Gasteiger partial charge on any atom is 0.0541 e. The van der Waals surface area contributed by atoms with Gasteiger partial charge in [0.2, 0.25) is 0 Å². The van der Waals surface area contributed by atoms with Crippen LogP contribution in [0.2, 0.25) is 0 Å². The van der Waals surface area contributed by atoms with Crippen molar-refractivity contribution in [2.75, 3.05) is 0 Å². The first-order valence-electron chi connectivity index (χ1n) is 17.0. The zero-order chi connectivity index (χ0) is 32.1. The third-order valence-electron chi connectivity index (χ3n) is 10.7. The zero-order valence-electron chi connectivity index (χ0n) is 26.6. The van der Waals surface area contributed by atoms with Gasteiger partial charge in [0.05, 0.1) is 11.0 Å². The highest BCUT2D eigenvalue weighted by atomic mass is 32.2. The lowest BCUT2D eigenvalue weighted by Gasteiger charge is -2.33. The molecule has 0 unspecified atom stereocenters. The lowest BCUT2D eigenvalue weighted by molar-refractivity contribution is 0.934. The molecule has 11 rings (SSSR count). The molecule has 49 heavy (non-hydrogen) atoms. The smallest absolute Gasteiger partial charge is 0.0541 e. The first-order valence-corrected chi connectivity index (χ1v) is 17.8. The Morgan fingerprint density at radius 3 is 1.22 bits per heavy atom. The second kappa shape index (κ2) is 10.3. The summed E-state index contributed by atoms with van der Waals surface area (Å²) < 4.78 is 2.45. The van der Waals surface area contributed by atoms with E-state index in [1.165, 1.54) is 97.1 Å². The van der Waals surface area contributed by atoms with Crippen molar-refractivity contribution in [3.8, 4) is 5.69 Å². The van der Waals surface area contributed by atoms with E-state index in [-0.39, 0.29) is 5.92 Å². The maximum absolute atomic E-state index is 2.46.